The maximum atomic E-state index is 12.3. The summed E-state index contributed by atoms with van der Waals surface area (Å²) < 4.78 is 53.3. The third-order valence-corrected chi connectivity index (χ3v) is 4.84. The molecule has 178 valence electrons. The Labute approximate surface area is 190 Å². The molecule has 0 spiro atoms. The normalized spacial score (nSPS) is 11.6. The molecule has 0 radical (unpaired) electrons. The van der Waals surface area contributed by atoms with Gasteiger partial charge in [0.15, 0.2) is 23.1 Å². The lowest BCUT2D eigenvalue weighted by molar-refractivity contribution is -0.199. The van der Waals surface area contributed by atoms with Crippen molar-refractivity contribution in [2.24, 2.45) is 0 Å². The lowest BCUT2D eigenvalue weighted by Crippen LogP contribution is -2.26. The number of esters is 1. The van der Waals surface area contributed by atoms with Gasteiger partial charge in [-0.3, -0.25) is 0 Å². The summed E-state index contributed by atoms with van der Waals surface area (Å²) >= 11 is 0. The number of anilines is 1. The molecule has 3 aromatic heterocycles. The standard InChI is InChI=1S/C21H19F3N6O4/c1-2-30-17-13(32-9-6-10-33-20(31)21(22,23)24)11-26-14(12-7-4-3-5-8-12)15(17)27-19(30)16-18(25)29-34-28-16/h3-5,7-8,11H,2,6,9-10H2,1H3,(H2,25,29). The minimum atomic E-state index is -5.04. The van der Waals surface area contributed by atoms with Crippen molar-refractivity contribution in [1.29, 1.82) is 0 Å². The highest BCUT2D eigenvalue weighted by atomic mass is 19.4. The van der Waals surface area contributed by atoms with Crippen LogP contribution in [0, 0.1) is 0 Å². The molecule has 34 heavy (non-hydrogen) atoms. The molecular weight excluding hydrogens is 457 g/mol. The number of pyridine rings is 1. The SMILES string of the molecule is CCn1c(-c2nonc2N)nc2c(-c3ccccc3)ncc(OCCCOC(=O)C(F)(F)F)c21. The van der Waals surface area contributed by atoms with E-state index in [1.165, 1.54) is 6.20 Å². The smallest absolute Gasteiger partial charge is 0.490 e. The Kier molecular flexibility index (Phi) is 6.34. The van der Waals surface area contributed by atoms with E-state index in [0.717, 1.165) is 5.56 Å². The number of alkyl halides is 3. The van der Waals surface area contributed by atoms with Gasteiger partial charge in [-0.2, -0.15) is 13.2 Å². The fourth-order valence-electron chi connectivity index (χ4n) is 3.35. The lowest BCUT2D eigenvalue weighted by Gasteiger charge is -2.12. The van der Waals surface area contributed by atoms with Crippen molar-refractivity contribution in [3.8, 4) is 28.5 Å². The molecular formula is C21H19F3N6O4. The molecule has 10 nitrogen and oxygen atoms in total. The van der Waals surface area contributed by atoms with Crippen LogP contribution in [0.1, 0.15) is 13.3 Å². The van der Waals surface area contributed by atoms with Gasteiger partial charge in [0.2, 0.25) is 0 Å². The zero-order valence-electron chi connectivity index (χ0n) is 17.9. The number of aryl methyl sites for hydroxylation is 1. The first-order valence-electron chi connectivity index (χ1n) is 10.2. The summed E-state index contributed by atoms with van der Waals surface area (Å²) in [7, 11) is 0. The van der Waals surface area contributed by atoms with Crippen LogP contribution < -0.4 is 10.5 Å². The van der Waals surface area contributed by atoms with E-state index in [9.17, 15) is 18.0 Å². The lowest BCUT2D eigenvalue weighted by atomic mass is 10.1. The first kappa shape index (κ1) is 23.0. The van der Waals surface area contributed by atoms with Crippen molar-refractivity contribution >= 4 is 22.8 Å². The molecule has 0 amide bonds. The van der Waals surface area contributed by atoms with Crippen LogP contribution in [0.25, 0.3) is 33.8 Å². The van der Waals surface area contributed by atoms with E-state index in [2.05, 4.69) is 20.0 Å². The fourth-order valence-corrected chi connectivity index (χ4v) is 3.35. The van der Waals surface area contributed by atoms with Gasteiger partial charge >= 0.3 is 12.1 Å². The number of carbonyl (C=O) groups excluding carboxylic acids is 1. The number of nitrogens with zero attached hydrogens (tertiary/aromatic N) is 5. The van der Waals surface area contributed by atoms with Crippen LogP contribution in [0.3, 0.4) is 0 Å². The van der Waals surface area contributed by atoms with Gasteiger partial charge in [0.25, 0.3) is 0 Å². The third kappa shape index (κ3) is 4.49. The molecule has 0 unspecified atom stereocenters. The Hall–Kier alpha value is -4.16. The van der Waals surface area contributed by atoms with Crippen LogP contribution in [0.4, 0.5) is 19.0 Å². The number of imidazole rings is 1. The molecule has 2 N–H and O–H groups in total. The average molecular weight is 476 g/mol. The van der Waals surface area contributed by atoms with Gasteiger partial charge in [-0.05, 0) is 17.2 Å². The summed E-state index contributed by atoms with van der Waals surface area (Å²) in [6.07, 6.45) is -3.49. The van der Waals surface area contributed by atoms with E-state index in [1.807, 2.05) is 37.3 Å². The highest BCUT2D eigenvalue weighted by Gasteiger charge is 2.40. The summed E-state index contributed by atoms with van der Waals surface area (Å²) in [5, 5.41) is 7.46. The zero-order valence-corrected chi connectivity index (χ0v) is 17.9. The quantitative estimate of drug-likeness (QED) is 0.299. The predicted octanol–water partition coefficient (Wildman–Crippen LogP) is 3.62. The van der Waals surface area contributed by atoms with Crippen LogP contribution in [0.15, 0.2) is 41.2 Å². The van der Waals surface area contributed by atoms with Gasteiger partial charge in [-0.15, -0.1) is 0 Å². The van der Waals surface area contributed by atoms with Crippen molar-refractivity contribution in [2.45, 2.75) is 26.1 Å². The summed E-state index contributed by atoms with van der Waals surface area (Å²) in [5.74, 6) is -1.44. The van der Waals surface area contributed by atoms with Crippen LogP contribution in [0.5, 0.6) is 5.75 Å². The molecule has 1 aromatic carbocycles. The third-order valence-electron chi connectivity index (χ3n) is 4.84. The first-order valence-corrected chi connectivity index (χ1v) is 10.2. The maximum absolute atomic E-state index is 12.3. The second-order valence-electron chi connectivity index (χ2n) is 7.05. The maximum Gasteiger partial charge on any atom is 0.490 e. The van der Waals surface area contributed by atoms with Crippen LogP contribution in [-0.4, -0.2) is 50.2 Å². The van der Waals surface area contributed by atoms with E-state index in [-0.39, 0.29) is 24.5 Å². The summed E-state index contributed by atoms with van der Waals surface area (Å²) in [4.78, 5) is 20.0. The number of rotatable bonds is 8. The summed E-state index contributed by atoms with van der Waals surface area (Å²) in [6.45, 7) is 1.87. The minimum Gasteiger partial charge on any atom is -0.490 e. The van der Waals surface area contributed by atoms with E-state index >= 15 is 0 Å². The highest BCUT2D eigenvalue weighted by Crippen LogP contribution is 2.36. The van der Waals surface area contributed by atoms with Crippen molar-refractivity contribution in [3.63, 3.8) is 0 Å². The Bertz CT molecular complexity index is 1300. The van der Waals surface area contributed by atoms with E-state index in [1.54, 1.807) is 4.57 Å². The van der Waals surface area contributed by atoms with Crippen LogP contribution in [0.2, 0.25) is 0 Å². The van der Waals surface area contributed by atoms with Gasteiger partial charge in [0.05, 0.1) is 25.1 Å². The second kappa shape index (κ2) is 9.37. The van der Waals surface area contributed by atoms with Crippen LogP contribution in [-0.2, 0) is 16.1 Å². The number of hydrogen-bond donors (Lipinski definition) is 1. The van der Waals surface area contributed by atoms with Gasteiger partial charge in [0, 0.05) is 18.5 Å². The fraction of sp³-hybridized carbons (Fsp3) is 0.286. The van der Waals surface area contributed by atoms with E-state index in [4.69, 9.17) is 20.1 Å². The summed E-state index contributed by atoms with van der Waals surface area (Å²) in [5.41, 5.74) is 8.63. The molecule has 0 aliphatic heterocycles. The Morgan fingerprint density at radius 2 is 1.91 bits per heavy atom. The number of nitrogens with two attached hydrogens (primary N) is 1. The largest absolute Gasteiger partial charge is 0.490 e. The Balaban J connectivity index is 1.68. The first-order chi connectivity index (χ1) is 16.3. The van der Waals surface area contributed by atoms with Crippen molar-refractivity contribution in [1.82, 2.24) is 24.8 Å². The highest BCUT2D eigenvalue weighted by molar-refractivity contribution is 5.95. The molecule has 0 saturated heterocycles. The predicted molar refractivity (Wildman–Crippen MR) is 113 cm³/mol. The molecule has 3 heterocycles. The second-order valence-corrected chi connectivity index (χ2v) is 7.05. The van der Waals surface area contributed by atoms with Gasteiger partial charge < -0.3 is 19.8 Å². The molecule has 0 fully saturated rings. The topological polar surface area (TPSA) is 131 Å². The van der Waals surface area contributed by atoms with E-state index in [0.29, 0.717) is 34.8 Å². The van der Waals surface area contributed by atoms with Crippen molar-refractivity contribution in [2.75, 3.05) is 18.9 Å². The summed E-state index contributed by atoms with van der Waals surface area (Å²) in [6, 6.07) is 9.38. The number of fused-ring (bicyclic) bond motifs is 1. The van der Waals surface area contributed by atoms with Crippen molar-refractivity contribution < 1.29 is 32.1 Å². The molecule has 4 aromatic rings. The number of ether oxygens (including phenoxy) is 2. The number of aromatic nitrogens is 5. The monoisotopic (exact) mass is 476 g/mol. The molecule has 0 aliphatic rings. The number of hydrogen-bond acceptors (Lipinski definition) is 9. The Morgan fingerprint density at radius 1 is 1.15 bits per heavy atom. The number of carbonyl (C=O) groups is 1. The molecule has 4 rings (SSSR count). The van der Waals surface area contributed by atoms with Gasteiger partial charge in [0.1, 0.15) is 11.0 Å². The molecule has 0 aliphatic carbocycles. The van der Waals surface area contributed by atoms with Gasteiger partial charge in [-0.25, -0.2) is 19.4 Å². The number of nitrogen functional groups attached to an aromatic ring is 1. The molecule has 0 atom stereocenters. The molecule has 0 saturated carbocycles. The van der Waals surface area contributed by atoms with Crippen LogP contribution >= 0.6 is 0 Å². The van der Waals surface area contributed by atoms with E-state index < -0.39 is 18.8 Å². The zero-order chi connectivity index (χ0) is 24.3. The Morgan fingerprint density at radius 3 is 2.56 bits per heavy atom. The van der Waals surface area contributed by atoms with Gasteiger partial charge in [-0.1, -0.05) is 30.3 Å². The molecule has 13 heteroatoms. The average Bonchev–Trinajstić information content (AvgIpc) is 3.41. The van der Waals surface area contributed by atoms with Crippen molar-refractivity contribution in [3.05, 3.63) is 36.5 Å². The number of benzene rings is 1. The number of halogens is 3. The minimum absolute atomic E-state index is 0.0233. The molecule has 0 bridgehead atoms.